The Kier molecular flexibility index (Phi) is 2.30. The third-order valence-corrected chi connectivity index (χ3v) is 3.98. The van der Waals surface area contributed by atoms with E-state index in [1.165, 1.54) is 0 Å². The van der Waals surface area contributed by atoms with Crippen molar-refractivity contribution in [2.45, 2.75) is 18.8 Å². The van der Waals surface area contributed by atoms with Crippen LogP contribution >= 0.6 is 27.5 Å². The van der Waals surface area contributed by atoms with Crippen LogP contribution in [0, 0.1) is 0 Å². The van der Waals surface area contributed by atoms with Crippen molar-refractivity contribution in [2.24, 2.45) is 0 Å². The Balaban J connectivity index is 2.32. The van der Waals surface area contributed by atoms with E-state index in [0.717, 1.165) is 23.1 Å². The minimum atomic E-state index is -0.0294. The molecule has 0 atom stereocenters. The monoisotopic (exact) mass is 298 g/mol. The van der Waals surface area contributed by atoms with Gasteiger partial charge in [0.25, 0.3) is 0 Å². The number of rotatable bonds is 1. The molecule has 0 bridgehead atoms. The van der Waals surface area contributed by atoms with E-state index in [9.17, 15) is 5.11 Å². The molecule has 1 aliphatic rings. The molecule has 2 aromatic rings. The number of aromatic nitrogens is 2. The number of benzene rings is 1. The van der Waals surface area contributed by atoms with Gasteiger partial charge < -0.3 is 5.11 Å². The molecular formula is C11H8BrClN2O. The molecule has 0 spiro atoms. The average molecular weight is 300 g/mol. The van der Waals surface area contributed by atoms with Crippen molar-refractivity contribution in [1.29, 1.82) is 0 Å². The zero-order valence-corrected chi connectivity index (χ0v) is 10.6. The molecule has 3 rings (SSSR count). The Labute approximate surface area is 106 Å². The first-order valence-corrected chi connectivity index (χ1v) is 6.18. The molecule has 16 heavy (non-hydrogen) atoms. The van der Waals surface area contributed by atoms with Crippen molar-refractivity contribution >= 4 is 38.4 Å². The van der Waals surface area contributed by atoms with Crippen LogP contribution in [0.3, 0.4) is 0 Å². The molecule has 1 saturated carbocycles. The fourth-order valence-corrected chi connectivity index (χ4v) is 2.26. The molecule has 0 aliphatic heterocycles. The zero-order valence-electron chi connectivity index (χ0n) is 8.24. The summed E-state index contributed by atoms with van der Waals surface area (Å²) in [6, 6.07) is 3.66. The van der Waals surface area contributed by atoms with Gasteiger partial charge in [0, 0.05) is 10.4 Å². The normalized spacial score (nSPS) is 15.6. The standard InChI is InChI=1S/C11H8BrClN2O/c12-6-3-4-7-8(9(6)13)11(16)15-10(14-7)5-1-2-5/h3-5H,1-2H2,(H,14,15,16). The first-order chi connectivity index (χ1) is 7.66. The zero-order chi connectivity index (χ0) is 11.3. The van der Waals surface area contributed by atoms with Gasteiger partial charge in [-0.15, -0.1) is 0 Å². The second-order valence-electron chi connectivity index (χ2n) is 3.94. The molecule has 82 valence electrons. The molecule has 0 unspecified atom stereocenters. The van der Waals surface area contributed by atoms with Gasteiger partial charge in [0.2, 0.25) is 5.88 Å². The summed E-state index contributed by atoms with van der Waals surface area (Å²) < 4.78 is 0.736. The highest BCUT2D eigenvalue weighted by Gasteiger charge is 2.28. The molecule has 0 saturated heterocycles. The van der Waals surface area contributed by atoms with E-state index in [4.69, 9.17) is 11.6 Å². The van der Waals surface area contributed by atoms with Crippen LogP contribution in [-0.4, -0.2) is 15.1 Å². The molecule has 1 aliphatic carbocycles. The Bertz CT molecular complexity index is 584. The maximum atomic E-state index is 9.88. The van der Waals surface area contributed by atoms with E-state index in [2.05, 4.69) is 25.9 Å². The summed E-state index contributed by atoms with van der Waals surface area (Å²) >= 11 is 9.40. The molecule has 5 heteroatoms. The lowest BCUT2D eigenvalue weighted by Gasteiger charge is -2.06. The Morgan fingerprint density at radius 3 is 2.75 bits per heavy atom. The van der Waals surface area contributed by atoms with Crippen molar-refractivity contribution in [3.05, 3.63) is 27.5 Å². The minimum absolute atomic E-state index is 0.0294. The van der Waals surface area contributed by atoms with Crippen molar-refractivity contribution in [3.8, 4) is 5.88 Å². The number of aromatic hydroxyl groups is 1. The van der Waals surface area contributed by atoms with Gasteiger partial charge in [0.05, 0.1) is 15.9 Å². The largest absolute Gasteiger partial charge is 0.493 e. The Morgan fingerprint density at radius 2 is 2.06 bits per heavy atom. The van der Waals surface area contributed by atoms with Crippen LogP contribution in [0.5, 0.6) is 5.88 Å². The van der Waals surface area contributed by atoms with Crippen LogP contribution in [0.1, 0.15) is 24.6 Å². The first-order valence-electron chi connectivity index (χ1n) is 5.01. The number of halogens is 2. The predicted octanol–water partition coefficient (Wildman–Crippen LogP) is 3.63. The average Bonchev–Trinajstić information content (AvgIpc) is 3.06. The summed E-state index contributed by atoms with van der Waals surface area (Å²) in [4.78, 5) is 8.53. The summed E-state index contributed by atoms with van der Waals surface area (Å²) in [5.41, 5.74) is 0.697. The van der Waals surface area contributed by atoms with Gasteiger partial charge in [-0.1, -0.05) is 11.6 Å². The topological polar surface area (TPSA) is 46.0 Å². The summed E-state index contributed by atoms with van der Waals surface area (Å²) in [6.07, 6.45) is 2.21. The van der Waals surface area contributed by atoms with Crippen LogP contribution in [0.15, 0.2) is 16.6 Å². The molecule has 1 heterocycles. The lowest BCUT2D eigenvalue weighted by atomic mass is 10.2. The Hall–Kier alpha value is -0.870. The summed E-state index contributed by atoms with van der Waals surface area (Å²) in [7, 11) is 0. The minimum Gasteiger partial charge on any atom is -0.493 e. The highest BCUT2D eigenvalue weighted by Crippen LogP contribution is 2.41. The second kappa shape index (κ2) is 3.57. The van der Waals surface area contributed by atoms with Gasteiger partial charge in [-0.3, -0.25) is 0 Å². The van der Waals surface area contributed by atoms with Crippen molar-refractivity contribution < 1.29 is 5.11 Å². The van der Waals surface area contributed by atoms with Crippen LogP contribution in [0.4, 0.5) is 0 Å². The highest BCUT2D eigenvalue weighted by molar-refractivity contribution is 9.10. The maximum absolute atomic E-state index is 9.88. The molecule has 1 aromatic heterocycles. The van der Waals surface area contributed by atoms with Crippen LogP contribution in [0.25, 0.3) is 10.9 Å². The lowest BCUT2D eigenvalue weighted by Crippen LogP contribution is -1.94. The fourth-order valence-electron chi connectivity index (χ4n) is 1.68. The summed E-state index contributed by atoms with van der Waals surface area (Å²) in [6.45, 7) is 0. The van der Waals surface area contributed by atoms with Crippen molar-refractivity contribution in [1.82, 2.24) is 9.97 Å². The third-order valence-electron chi connectivity index (χ3n) is 2.69. The second-order valence-corrected chi connectivity index (χ2v) is 5.17. The van der Waals surface area contributed by atoms with E-state index in [0.29, 0.717) is 21.8 Å². The molecular weight excluding hydrogens is 291 g/mol. The van der Waals surface area contributed by atoms with Crippen LogP contribution in [-0.2, 0) is 0 Å². The Morgan fingerprint density at radius 1 is 1.31 bits per heavy atom. The van der Waals surface area contributed by atoms with E-state index in [-0.39, 0.29) is 5.88 Å². The molecule has 1 fully saturated rings. The van der Waals surface area contributed by atoms with E-state index in [1.54, 1.807) is 0 Å². The van der Waals surface area contributed by atoms with Crippen molar-refractivity contribution in [2.75, 3.05) is 0 Å². The van der Waals surface area contributed by atoms with E-state index >= 15 is 0 Å². The van der Waals surface area contributed by atoms with Gasteiger partial charge in [-0.05, 0) is 40.9 Å². The number of hydrogen-bond donors (Lipinski definition) is 1. The third kappa shape index (κ3) is 1.57. The smallest absolute Gasteiger partial charge is 0.223 e. The van der Waals surface area contributed by atoms with E-state index < -0.39 is 0 Å². The molecule has 0 amide bonds. The first kappa shape index (κ1) is 10.3. The number of fused-ring (bicyclic) bond motifs is 1. The SMILES string of the molecule is Oc1nc(C2CC2)nc2ccc(Br)c(Cl)c12. The quantitative estimate of drug-likeness (QED) is 0.874. The van der Waals surface area contributed by atoms with Gasteiger partial charge in [0.1, 0.15) is 5.82 Å². The van der Waals surface area contributed by atoms with Crippen LogP contribution < -0.4 is 0 Å². The maximum Gasteiger partial charge on any atom is 0.223 e. The van der Waals surface area contributed by atoms with E-state index in [1.807, 2.05) is 12.1 Å². The summed E-state index contributed by atoms with van der Waals surface area (Å²) in [5, 5.41) is 10.8. The summed E-state index contributed by atoms with van der Waals surface area (Å²) in [5.74, 6) is 1.11. The van der Waals surface area contributed by atoms with Crippen molar-refractivity contribution in [3.63, 3.8) is 0 Å². The predicted molar refractivity (Wildman–Crippen MR) is 65.9 cm³/mol. The van der Waals surface area contributed by atoms with Crippen LogP contribution in [0.2, 0.25) is 5.02 Å². The number of hydrogen-bond acceptors (Lipinski definition) is 3. The van der Waals surface area contributed by atoms with Gasteiger partial charge in [0.15, 0.2) is 0 Å². The van der Waals surface area contributed by atoms with Gasteiger partial charge >= 0.3 is 0 Å². The highest BCUT2D eigenvalue weighted by atomic mass is 79.9. The lowest BCUT2D eigenvalue weighted by molar-refractivity contribution is 0.456. The molecule has 1 aromatic carbocycles. The molecule has 3 nitrogen and oxygen atoms in total. The van der Waals surface area contributed by atoms with Gasteiger partial charge in [-0.25, -0.2) is 4.98 Å². The molecule has 0 radical (unpaired) electrons. The van der Waals surface area contributed by atoms with Gasteiger partial charge in [-0.2, -0.15) is 4.98 Å². The number of nitrogens with zero attached hydrogens (tertiary/aromatic N) is 2. The molecule has 1 N–H and O–H groups in total. The fraction of sp³-hybridized carbons (Fsp3) is 0.273.